The Hall–Kier alpha value is -3.39. The van der Waals surface area contributed by atoms with Gasteiger partial charge < -0.3 is 9.32 Å². The van der Waals surface area contributed by atoms with Gasteiger partial charge in [0, 0.05) is 19.2 Å². The molecule has 6 nitrogen and oxygen atoms in total. The van der Waals surface area contributed by atoms with Crippen molar-refractivity contribution in [2.24, 2.45) is 0 Å². The fourth-order valence-electron chi connectivity index (χ4n) is 4.04. The van der Waals surface area contributed by atoms with Gasteiger partial charge >= 0.3 is 0 Å². The van der Waals surface area contributed by atoms with E-state index in [1.54, 1.807) is 28.9 Å². The summed E-state index contributed by atoms with van der Waals surface area (Å²) in [5.41, 5.74) is 4.89. The van der Waals surface area contributed by atoms with Crippen LogP contribution in [0.4, 0.5) is 4.39 Å². The number of nitrogens with zero attached hydrogens (tertiary/aromatic N) is 4. The van der Waals surface area contributed by atoms with Crippen LogP contribution < -0.4 is 0 Å². The number of oxazole rings is 1. The van der Waals surface area contributed by atoms with E-state index in [1.165, 1.54) is 23.5 Å². The van der Waals surface area contributed by atoms with Crippen LogP contribution in [0.25, 0.3) is 10.6 Å². The predicted octanol–water partition coefficient (Wildman–Crippen LogP) is 5.21. The molecule has 0 radical (unpaired) electrons. The van der Waals surface area contributed by atoms with Crippen LogP contribution in [-0.2, 0) is 6.42 Å². The lowest BCUT2D eigenvalue weighted by Gasteiger charge is -2.22. The molecule has 1 aromatic carbocycles. The van der Waals surface area contributed by atoms with Crippen molar-refractivity contribution in [3.63, 3.8) is 0 Å². The monoisotopic (exact) mass is 448 g/mol. The van der Waals surface area contributed by atoms with Gasteiger partial charge in [-0.05, 0) is 49.6 Å². The number of carbonyl (C=O) groups is 1. The molecule has 1 aliphatic rings. The summed E-state index contributed by atoms with van der Waals surface area (Å²) in [7, 11) is 0. The third-order valence-electron chi connectivity index (χ3n) is 5.63. The van der Waals surface area contributed by atoms with Crippen molar-refractivity contribution in [2.75, 3.05) is 6.54 Å². The van der Waals surface area contributed by atoms with Crippen LogP contribution in [0.2, 0.25) is 0 Å². The van der Waals surface area contributed by atoms with E-state index < -0.39 is 0 Å². The first-order valence-electron chi connectivity index (χ1n) is 10.4. The Morgan fingerprint density at radius 2 is 2.12 bits per heavy atom. The maximum Gasteiger partial charge on any atom is 0.256 e. The highest BCUT2D eigenvalue weighted by atomic mass is 32.1. The Kier molecular flexibility index (Phi) is 5.53. The van der Waals surface area contributed by atoms with Gasteiger partial charge in [-0.25, -0.2) is 14.4 Å². The van der Waals surface area contributed by atoms with Gasteiger partial charge in [-0.1, -0.05) is 12.1 Å². The zero-order valence-electron chi connectivity index (χ0n) is 17.5. The summed E-state index contributed by atoms with van der Waals surface area (Å²) in [4.78, 5) is 29.2. The zero-order chi connectivity index (χ0) is 22.1. The molecule has 0 spiro atoms. The molecular weight excluding hydrogens is 427 g/mol. The average Bonchev–Trinajstić information content (AvgIpc) is 3.54. The van der Waals surface area contributed by atoms with Crippen molar-refractivity contribution >= 4 is 17.2 Å². The van der Waals surface area contributed by atoms with E-state index in [9.17, 15) is 9.18 Å². The molecule has 32 heavy (non-hydrogen) atoms. The van der Waals surface area contributed by atoms with Crippen molar-refractivity contribution < 1.29 is 13.6 Å². The summed E-state index contributed by atoms with van der Waals surface area (Å²) >= 11 is 1.53. The number of aromatic nitrogens is 3. The lowest BCUT2D eigenvalue weighted by Crippen LogP contribution is -2.30. The summed E-state index contributed by atoms with van der Waals surface area (Å²) in [6, 6.07) is 9.88. The molecule has 1 saturated heterocycles. The van der Waals surface area contributed by atoms with Crippen LogP contribution in [0.1, 0.15) is 52.1 Å². The number of carbonyl (C=O) groups excluding carboxylic acids is 1. The third-order valence-corrected chi connectivity index (χ3v) is 6.58. The summed E-state index contributed by atoms with van der Waals surface area (Å²) in [5.74, 6) is 0.806. The van der Waals surface area contributed by atoms with Crippen molar-refractivity contribution in [3.8, 4) is 10.6 Å². The molecule has 8 heteroatoms. The van der Waals surface area contributed by atoms with Crippen molar-refractivity contribution in [2.45, 2.75) is 32.2 Å². The summed E-state index contributed by atoms with van der Waals surface area (Å²) in [5, 5.41) is 0. The van der Waals surface area contributed by atoms with E-state index >= 15 is 0 Å². The molecule has 0 N–H and O–H groups in total. The Labute approximate surface area is 188 Å². The molecule has 1 fully saturated rings. The number of aryl methyl sites for hydroxylation is 1. The molecule has 0 saturated carbocycles. The molecule has 3 aromatic heterocycles. The van der Waals surface area contributed by atoms with Gasteiger partial charge in [0.1, 0.15) is 17.6 Å². The first kappa shape index (κ1) is 20.5. The molecule has 0 bridgehead atoms. The molecule has 1 atom stereocenters. The van der Waals surface area contributed by atoms with Gasteiger partial charge in [-0.2, -0.15) is 0 Å². The van der Waals surface area contributed by atoms with Gasteiger partial charge in [0.05, 0.1) is 33.5 Å². The number of thiazole rings is 1. The minimum Gasteiger partial charge on any atom is -0.443 e. The van der Waals surface area contributed by atoms with Crippen LogP contribution in [-0.4, -0.2) is 32.3 Å². The van der Waals surface area contributed by atoms with Gasteiger partial charge in [-0.15, -0.1) is 11.3 Å². The highest BCUT2D eigenvalue weighted by Crippen LogP contribution is 2.33. The van der Waals surface area contributed by atoms with E-state index in [0.717, 1.165) is 34.7 Å². The van der Waals surface area contributed by atoms with E-state index in [0.29, 0.717) is 30.2 Å². The van der Waals surface area contributed by atoms with E-state index in [4.69, 9.17) is 4.42 Å². The highest BCUT2D eigenvalue weighted by molar-refractivity contribution is 7.13. The normalized spacial score (nSPS) is 15.9. The minimum absolute atomic E-state index is 0.0857. The van der Waals surface area contributed by atoms with Crippen molar-refractivity contribution in [1.29, 1.82) is 0 Å². The largest absolute Gasteiger partial charge is 0.443 e. The fraction of sp³-hybridized carbons (Fsp3) is 0.250. The van der Waals surface area contributed by atoms with Crippen LogP contribution in [0.3, 0.4) is 0 Å². The lowest BCUT2D eigenvalue weighted by molar-refractivity contribution is 0.0714. The predicted molar refractivity (Wildman–Crippen MR) is 119 cm³/mol. The Morgan fingerprint density at radius 3 is 2.88 bits per heavy atom. The number of rotatable bonds is 5. The van der Waals surface area contributed by atoms with Crippen LogP contribution >= 0.6 is 11.3 Å². The van der Waals surface area contributed by atoms with Crippen LogP contribution in [0, 0.1) is 12.7 Å². The number of hydrogen-bond donors (Lipinski definition) is 0. The fourth-order valence-corrected chi connectivity index (χ4v) is 4.82. The lowest BCUT2D eigenvalue weighted by atomic mass is 10.1. The number of halogens is 1. The number of pyridine rings is 1. The number of benzene rings is 1. The van der Waals surface area contributed by atoms with Gasteiger partial charge in [0.25, 0.3) is 5.91 Å². The van der Waals surface area contributed by atoms with Gasteiger partial charge in [0.15, 0.2) is 0 Å². The maximum atomic E-state index is 13.4. The number of amides is 1. The molecule has 5 rings (SSSR count). The van der Waals surface area contributed by atoms with Gasteiger partial charge in [-0.3, -0.25) is 9.78 Å². The van der Waals surface area contributed by atoms with E-state index in [2.05, 4.69) is 15.0 Å². The van der Waals surface area contributed by atoms with E-state index in [-0.39, 0.29) is 17.8 Å². The van der Waals surface area contributed by atoms with Crippen LogP contribution in [0.5, 0.6) is 0 Å². The molecule has 4 heterocycles. The Morgan fingerprint density at radius 1 is 1.22 bits per heavy atom. The first-order chi connectivity index (χ1) is 15.6. The maximum absolute atomic E-state index is 13.4. The van der Waals surface area contributed by atoms with Crippen molar-refractivity contribution in [3.05, 3.63) is 88.6 Å². The first-order valence-corrected chi connectivity index (χ1v) is 11.3. The molecule has 162 valence electrons. The third kappa shape index (κ3) is 4.05. The smallest absolute Gasteiger partial charge is 0.256 e. The van der Waals surface area contributed by atoms with Crippen LogP contribution in [0.15, 0.2) is 58.7 Å². The Bertz CT molecular complexity index is 1250. The minimum atomic E-state index is -0.278. The molecule has 1 unspecified atom stereocenters. The molecule has 0 aliphatic carbocycles. The SMILES string of the molecule is Cc1ncsc1-c1ccc(C(=O)N2CCCC2c2ncc(Cc3cccc(F)c3)o2)cn1. The zero-order valence-corrected chi connectivity index (χ0v) is 18.3. The topological polar surface area (TPSA) is 72.1 Å². The second kappa shape index (κ2) is 8.63. The molecule has 4 aromatic rings. The van der Waals surface area contributed by atoms with Crippen molar-refractivity contribution in [1.82, 2.24) is 19.9 Å². The quantitative estimate of drug-likeness (QED) is 0.419. The number of hydrogen-bond acceptors (Lipinski definition) is 6. The summed E-state index contributed by atoms with van der Waals surface area (Å²) in [6.07, 6.45) is 5.40. The molecular formula is C24H21FN4O2S. The second-order valence-corrected chi connectivity index (χ2v) is 8.68. The van der Waals surface area contributed by atoms with E-state index in [1.807, 2.05) is 25.1 Å². The average molecular weight is 449 g/mol. The summed E-state index contributed by atoms with van der Waals surface area (Å²) < 4.78 is 19.4. The molecule has 1 aliphatic heterocycles. The molecule has 1 amide bonds. The number of likely N-dealkylation sites (tertiary alicyclic amines) is 1. The second-order valence-electron chi connectivity index (χ2n) is 7.83. The summed E-state index contributed by atoms with van der Waals surface area (Å²) in [6.45, 7) is 2.58. The Balaban J connectivity index is 1.32. The standard InChI is InChI=1S/C24H21FN4O2S/c1-15-22(32-14-28-15)20-8-7-17(12-26-20)24(30)29-9-3-6-21(29)23-27-13-19(31-23)11-16-4-2-5-18(25)10-16/h2,4-5,7-8,10,12-14,21H,3,6,9,11H2,1H3. The highest BCUT2D eigenvalue weighted by Gasteiger charge is 2.34. The van der Waals surface area contributed by atoms with Gasteiger partial charge in [0.2, 0.25) is 5.89 Å².